The average Bonchev–Trinajstić information content (AvgIpc) is 3.85. The van der Waals surface area contributed by atoms with E-state index in [0.717, 1.165) is 32.2 Å². The molecule has 0 amide bonds. The Morgan fingerprint density at radius 3 is 2.61 bits per heavy atom. The first-order valence-electron chi connectivity index (χ1n) is 18.3. The molecule has 282 valence electrons. The molecule has 4 fully saturated rings. The maximum absolute atomic E-state index is 17.7. The second-order valence-corrected chi connectivity index (χ2v) is 17.8. The van der Waals surface area contributed by atoms with Crippen molar-refractivity contribution in [3.63, 3.8) is 0 Å². The van der Waals surface area contributed by atoms with E-state index in [1.54, 1.807) is 17.9 Å². The van der Waals surface area contributed by atoms with E-state index in [9.17, 15) is 17.9 Å². The standard InChI is InChI=1S/C39H40F3N7O4S/c1-4-27-30(41)9-6-22-14-26(50)15-28(31(22)27)32-34(42)36-33(29-20-46(2)45-35(29)32)37(49-24-7-8-25(49)19-47(18-24)12-13-54(3,51)52)44-38(43-36)53-21-39-10-5-11-48(39)17-23(40)16-39/h1,6,9,14-15,20,23-25,50H,5,7-8,10-13,16-19,21H2,2-3H3/t23-,24-,25+,39+/m1/s1. The number of hydrogen-bond acceptors (Lipinski definition) is 10. The molecular formula is C39H40F3N7O4S. The number of aromatic hydroxyl groups is 1. The van der Waals surface area contributed by atoms with Crippen LogP contribution in [0.15, 0.2) is 30.5 Å². The van der Waals surface area contributed by atoms with Crippen LogP contribution in [0.3, 0.4) is 0 Å². The van der Waals surface area contributed by atoms with Gasteiger partial charge in [-0.25, -0.2) is 21.6 Å². The van der Waals surface area contributed by atoms with Crippen molar-refractivity contribution in [2.24, 2.45) is 7.05 Å². The SMILES string of the molecule is C#Cc1c(F)ccc2cc(O)cc(-c3c(F)c4nc(OC[C@@]56CCCN5C[C@H](F)C6)nc(N5[C@@H]6CC[C@H]5CN(CCS(C)(=O)=O)C6)c4c4cn(C)nc34)c12. The van der Waals surface area contributed by atoms with Crippen LogP contribution in [0, 0.1) is 24.0 Å². The highest BCUT2D eigenvalue weighted by Crippen LogP contribution is 2.47. The minimum Gasteiger partial charge on any atom is -0.508 e. The lowest BCUT2D eigenvalue weighted by Crippen LogP contribution is -2.55. The summed E-state index contributed by atoms with van der Waals surface area (Å²) >= 11 is 0. The summed E-state index contributed by atoms with van der Waals surface area (Å²) in [6.07, 6.45) is 11.5. The van der Waals surface area contributed by atoms with Crippen molar-refractivity contribution in [3.8, 4) is 35.2 Å². The molecule has 4 aliphatic heterocycles. The van der Waals surface area contributed by atoms with Crippen molar-refractivity contribution >= 4 is 48.2 Å². The third kappa shape index (κ3) is 5.72. The van der Waals surface area contributed by atoms with Crippen LogP contribution < -0.4 is 9.64 Å². The molecule has 4 saturated heterocycles. The molecule has 0 unspecified atom stereocenters. The Hall–Kier alpha value is -4.65. The topological polar surface area (TPSA) is 117 Å². The van der Waals surface area contributed by atoms with Crippen LogP contribution in [0.1, 0.15) is 37.7 Å². The van der Waals surface area contributed by atoms with Crippen LogP contribution in [0.4, 0.5) is 19.0 Å². The van der Waals surface area contributed by atoms with Gasteiger partial charge in [-0.05, 0) is 61.4 Å². The molecule has 0 spiro atoms. The Balaban J connectivity index is 1.25. The summed E-state index contributed by atoms with van der Waals surface area (Å²) in [5, 5.41) is 17.2. The number of phenols is 1. The van der Waals surface area contributed by atoms with Crippen molar-refractivity contribution in [2.45, 2.75) is 55.9 Å². The molecule has 0 aliphatic carbocycles. The number of piperazine rings is 1. The van der Waals surface area contributed by atoms with Crippen molar-refractivity contribution in [3.05, 3.63) is 47.7 Å². The second kappa shape index (κ2) is 12.7. The van der Waals surface area contributed by atoms with Gasteiger partial charge >= 0.3 is 6.01 Å². The van der Waals surface area contributed by atoms with Crippen LogP contribution >= 0.6 is 0 Å². The summed E-state index contributed by atoms with van der Waals surface area (Å²) in [6.45, 7) is 2.85. The van der Waals surface area contributed by atoms with Crippen molar-refractivity contribution in [1.82, 2.24) is 29.5 Å². The van der Waals surface area contributed by atoms with E-state index in [2.05, 4.69) is 20.6 Å². The fourth-order valence-corrected chi connectivity index (χ4v) is 10.2. The van der Waals surface area contributed by atoms with Gasteiger partial charge in [0.15, 0.2) is 5.82 Å². The Labute approximate surface area is 310 Å². The number of alkyl halides is 1. The number of terminal acetylenes is 1. The fraction of sp³-hybridized carbons (Fsp3) is 0.462. The number of likely N-dealkylation sites (tertiary alicyclic amines) is 1. The van der Waals surface area contributed by atoms with Gasteiger partial charge < -0.3 is 14.7 Å². The lowest BCUT2D eigenvalue weighted by Gasteiger charge is -2.42. The van der Waals surface area contributed by atoms with Gasteiger partial charge in [-0.15, -0.1) is 6.42 Å². The van der Waals surface area contributed by atoms with E-state index < -0.39 is 33.2 Å². The molecule has 54 heavy (non-hydrogen) atoms. The highest BCUT2D eigenvalue weighted by Gasteiger charge is 2.50. The van der Waals surface area contributed by atoms with Crippen LogP contribution in [-0.4, -0.2) is 118 Å². The van der Waals surface area contributed by atoms with Gasteiger partial charge in [0.2, 0.25) is 0 Å². The second-order valence-electron chi connectivity index (χ2n) is 15.5. The minimum atomic E-state index is -3.16. The smallest absolute Gasteiger partial charge is 0.319 e. The van der Waals surface area contributed by atoms with Crippen LogP contribution in [0.2, 0.25) is 0 Å². The molecule has 6 heterocycles. The van der Waals surface area contributed by atoms with Crippen LogP contribution in [0.25, 0.3) is 43.7 Å². The Morgan fingerprint density at radius 2 is 1.87 bits per heavy atom. The first kappa shape index (κ1) is 35.1. The van der Waals surface area contributed by atoms with Gasteiger partial charge in [0.05, 0.1) is 22.2 Å². The van der Waals surface area contributed by atoms with E-state index in [1.807, 2.05) is 0 Å². The molecule has 4 aliphatic rings. The Bertz CT molecular complexity index is 2510. The van der Waals surface area contributed by atoms with Gasteiger partial charge in [0.1, 0.15) is 51.0 Å². The predicted octanol–water partition coefficient (Wildman–Crippen LogP) is 4.95. The molecule has 0 saturated carbocycles. The highest BCUT2D eigenvalue weighted by atomic mass is 32.2. The molecule has 5 aromatic rings. The van der Waals surface area contributed by atoms with Crippen molar-refractivity contribution in [2.75, 3.05) is 56.2 Å². The van der Waals surface area contributed by atoms with Gasteiger partial charge in [0, 0.05) is 80.5 Å². The third-order valence-corrected chi connectivity index (χ3v) is 12.8. The quantitative estimate of drug-likeness (QED) is 0.218. The number of sulfone groups is 1. The molecule has 0 radical (unpaired) electrons. The summed E-state index contributed by atoms with van der Waals surface area (Å²) in [7, 11) is -1.44. The number of nitrogens with zero attached hydrogens (tertiary/aromatic N) is 7. The van der Waals surface area contributed by atoms with Gasteiger partial charge in [0.25, 0.3) is 0 Å². The average molecular weight is 760 g/mol. The van der Waals surface area contributed by atoms with Crippen molar-refractivity contribution < 1.29 is 31.4 Å². The zero-order valence-corrected chi connectivity index (χ0v) is 30.8. The molecular weight excluding hydrogens is 720 g/mol. The predicted molar refractivity (Wildman–Crippen MR) is 200 cm³/mol. The zero-order chi connectivity index (χ0) is 37.7. The highest BCUT2D eigenvalue weighted by molar-refractivity contribution is 7.90. The summed E-state index contributed by atoms with van der Waals surface area (Å²) in [6, 6.07) is 5.35. The number of benzene rings is 3. The molecule has 1 N–H and O–H groups in total. The molecule has 3 aromatic carbocycles. The minimum absolute atomic E-state index is 0.0121. The molecule has 15 heteroatoms. The summed E-state index contributed by atoms with van der Waals surface area (Å²) < 4.78 is 79.7. The number of ether oxygens (including phenoxy) is 1. The molecule has 9 rings (SSSR count). The van der Waals surface area contributed by atoms with Gasteiger partial charge in [-0.1, -0.05) is 12.0 Å². The van der Waals surface area contributed by atoms with Crippen LogP contribution in [0.5, 0.6) is 11.8 Å². The maximum Gasteiger partial charge on any atom is 0.319 e. The lowest BCUT2D eigenvalue weighted by atomic mass is 9.91. The number of aryl methyl sites for hydroxylation is 1. The molecule has 2 bridgehead atoms. The number of fused-ring (bicyclic) bond motifs is 7. The van der Waals surface area contributed by atoms with Gasteiger partial charge in [-0.3, -0.25) is 14.5 Å². The Morgan fingerprint density at radius 1 is 1.09 bits per heavy atom. The van der Waals surface area contributed by atoms with Crippen molar-refractivity contribution in [1.29, 1.82) is 0 Å². The number of rotatable bonds is 8. The summed E-state index contributed by atoms with van der Waals surface area (Å²) in [4.78, 5) is 16.2. The zero-order valence-electron chi connectivity index (χ0n) is 30.0. The summed E-state index contributed by atoms with van der Waals surface area (Å²) in [5.41, 5.74) is -0.234. The molecule has 11 nitrogen and oxygen atoms in total. The largest absolute Gasteiger partial charge is 0.508 e. The number of phenolic OH excluding ortho intramolecular Hbond substituents is 1. The lowest BCUT2D eigenvalue weighted by molar-refractivity contribution is 0.107. The normalized spacial score (nSPS) is 24.6. The van der Waals surface area contributed by atoms with Crippen LogP contribution in [-0.2, 0) is 16.9 Å². The molecule has 4 atom stereocenters. The first-order valence-corrected chi connectivity index (χ1v) is 20.4. The number of anilines is 1. The maximum atomic E-state index is 17.7. The number of aromatic nitrogens is 4. The third-order valence-electron chi connectivity index (χ3n) is 11.9. The number of halogens is 3. The summed E-state index contributed by atoms with van der Waals surface area (Å²) in [5.74, 6) is 1.34. The van der Waals surface area contributed by atoms with Gasteiger partial charge in [-0.2, -0.15) is 15.1 Å². The fourth-order valence-electron chi connectivity index (χ4n) is 9.64. The monoisotopic (exact) mass is 759 g/mol. The Kier molecular flexibility index (Phi) is 8.26. The van der Waals surface area contributed by atoms with E-state index >= 15 is 8.78 Å². The van der Waals surface area contributed by atoms with E-state index in [0.29, 0.717) is 54.6 Å². The number of hydrogen-bond donors (Lipinski definition) is 1. The first-order chi connectivity index (χ1) is 25.8. The van der Waals surface area contributed by atoms with E-state index in [4.69, 9.17) is 26.2 Å². The molecule has 2 aromatic heterocycles. The van der Waals surface area contributed by atoms with E-state index in [-0.39, 0.29) is 69.3 Å². The van der Waals surface area contributed by atoms with E-state index in [1.165, 1.54) is 30.5 Å².